The van der Waals surface area contributed by atoms with Crippen LogP contribution in [-0.4, -0.2) is 29.2 Å². The van der Waals surface area contributed by atoms with Crippen molar-refractivity contribution in [3.05, 3.63) is 112 Å². The number of allylic oxidation sites excluding steroid dienone is 1. The molecule has 0 bridgehead atoms. The third-order valence-corrected chi connectivity index (χ3v) is 7.60. The van der Waals surface area contributed by atoms with Gasteiger partial charge in [0.1, 0.15) is 23.3 Å². The van der Waals surface area contributed by atoms with Gasteiger partial charge in [0.25, 0.3) is 11.2 Å². The Morgan fingerprint density at radius 1 is 1.25 bits per heavy atom. The molecule has 1 atom stereocenters. The van der Waals surface area contributed by atoms with Gasteiger partial charge in [-0.1, -0.05) is 41.1 Å². The maximum Gasteiger partial charge on any atom is 0.338 e. The number of esters is 1. The van der Waals surface area contributed by atoms with E-state index in [4.69, 9.17) is 25.5 Å². The summed E-state index contributed by atoms with van der Waals surface area (Å²) in [6, 6.07) is 13.6. The second-order valence-corrected chi connectivity index (χ2v) is 10.1. The molecule has 1 aliphatic rings. The molecule has 12 heteroatoms. The number of non-ortho nitro benzene ring substituents is 1. The van der Waals surface area contributed by atoms with Crippen LogP contribution in [0.4, 0.5) is 5.69 Å². The monoisotopic (exact) mass is 579 g/mol. The van der Waals surface area contributed by atoms with E-state index in [1.54, 1.807) is 56.3 Å². The Kier molecular flexibility index (Phi) is 7.42. The van der Waals surface area contributed by atoms with Crippen LogP contribution in [0.1, 0.15) is 31.2 Å². The highest BCUT2D eigenvalue weighted by molar-refractivity contribution is 7.07. The number of aromatic nitrogens is 1. The van der Waals surface area contributed by atoms with Crippen molar-refractivity contribution >= 4 is 40.7 Å². The summed E-state index contributed by atoms with van der Waals surface area (Å²) < 4.78 is 18.3. The third-order valence-electron chi connectivity index (χ3n) is 6.28. The summed E-state index contributed by atoms with van der Waals surface area (Å²) in [6.07, 6.45) is 1.56. The second-order valence-electron chi connectivity index (χ2n) is 8.67. The number of nitro groups is 1. The zero-order chi connectivity index (χ0) is 28.6. The van der Waals surface area contributed by atoms with Crippen molar-refractivity contribution in [3.63, 3.8) is 0 Å². The molecule has 4 aromatic rings. The fourth-order valence-corrected chi connectivity index (χ4v) is 5.75. The van der Waals surface area contributed by atoms with Crippen molar-refractivity contribution < 1.29 is 23.6 Å². The lowest BCUT2D eigenvalue weighted by Crippen LogP contribution is -2.40. The molecule has 0 saturated carbocycles. The molecule has 0 amide bonds. The minimum absolute atomic E-state index is 0.116. The fraction of sp³-hybridized carbons (Fsp3) is 0.179. The van der Waals surface area contributed by atoms with E-state index in [9.17, 15) is 19.7 Å². The highest BCUT2D eigenvalue weighted by atomic mass is 35.5. The van der Waals surface area contributed by atoms with E-state index >= 15 is 0 Å². The lowest BCUT2D eigenvalue weighted by atomic mass is 9.96. The van der Waals surface area contributed by atoms with Gasteiger partial charge >= 0.3 is 5.97 Å². The van der Waals surface area contributed by atoms with E-state index in [1.165, 1.54) is 29.9 Å². The topological polar surface area (TPSA) is 126 Å². The minimum Gasteiger partial charge on any atom is -0.496 e. The van der Waals surface area contributed by atoms with Gasteiger partial charge in [-0.25, -0.2) is 9.79 Å². The number of rotatable bonds is 7. The first-order chi connectivity index (χ1) is 19.2. The van der Waals surface area contributed by atoms with E-state index in [0.717, 1.165) is 11.3 Å². The average Bonchev–Trinajstić information content (AvgIpc) is 3.52. The Hall–Kier alpha value is -4.48. The maximum atomic E-state index is 13.8. The number of nitro benzene ring substituents is 1. The zero-order valence-electron chi connectivity index (χ0n) is 21.5. The molecule has 204 valence electrons. The largest absolute Gasteiger partial charge is 0.496 e. The summed E-state index contributed by atoms with van der Waals surface area (Å²) in [5.41, 5.74) is 1.10. The highest BCUT2D eigenvalue weighted by Gasteiger charge is 2.34. The molecule has 0 fully saturated rings. The first-order valence-corrected chi connectivity index (χ1v) is 13.3. The lowest BCUT2D eigenvalue weighted by Gasteiger charge is -2.25. The van der Waals surface area contributed by atoms with Gasteiger partial charge < -0.3 is 13.9 Å². The summed E-state index contributed by atoms with van der Waals surface area (Å²) >= 11 is 7.67. The van der Waals surface area contributed by atoms with Gasteiger partial charge in [0, 0.05) is 23.2 Å². The molecule has 0 aliphatic carbocycles. The smallest absolute Gasteiger partial charge is 0.338 e. The van der Waals surface area contributed by atoms with Crippen LogP contribution >= 0.6 is 22.9 Å². The summed E-state index contributed by atoms with van der Waals surface area (Å²) in [7, 11) is 1.46. The van der Waals surface area contributed by atoms with Gasteiger partial charge in [0.15, 0.2) is 4.80 Å². The molecule has 1 aliphatic heterocycles. The molecule has 0 saturated heterocycles. The van der Waals surface area contributed by atoms with Crippen molar-refractivity contribution in [2.75, 3.05) is 13.7 Å². The Morgan fingerprint density at radius 3 is 2.73 bits per heavy atom. The number of methoxy groups -OCH3 is 1. The Balaban J connectivity index is 1.64. The molecular formula is C28H22ClN3O7S. The van der Waals surface area contributed by atoms with Gasteiger partial charge in [-0.3, -0.25) is 19.5 Å². The fourth-order valence-electron chi connectivity index (χ4n) is 4.49. The predicted octanol–water partition coefficient (Wildman–Crippen LogP) is 4.63. The molecule has 0 N–H and O–H groups in total. The van der Waals surface area contributed by atoms with Crippen LogP contribution in [0.5, 0.6) is 5.75 Å². The van der Waals surface area contributed by atoms with Crippen molar-refractivity contribution in [2.45, 2.75) is 19.9 Å². The van der Waals surface area contributed by atoms with Crippen LogP contribution in [0, 0.1) is 10.1 Å². The van der Waals surface area contributed by atoms with Crippen LogP contribution in [0.15, 0.2) is 80.1 Å². The standard InChI is InChI=1S/C28H22ClN3O7S/c1-4-38-27(34)24-15(2)30-28-31(25(24)18-7-5-6-8-20(18)29)26(33)23(40-28)14-17-10-12-22(39-17)19-13-16(32(35)36)9-11-21(19)37-3/h5-14,25H,4H2,1-3H3. The van der Waals surface area contributed by atoms with E-state index in [2.05, 4.69) is 4.99 Å². The third kappa shape index (κ3) is 4.85. The van der Waals surface area contributed by atoms with Crippen LogP contribution in [0.25, 0.3) is 17.4 Å². The SMILES string of the molecule is CCOC(=O)C1=C(C)N=c2sc(=Cc3ccc(-c4cc([N+](=O)[O-])ccc4OC)o3)c(=O)n2C1c1ccccc1Cl. The number of thiazole rings is 1. The molecule has 5 rings (SSSR count). The molecule has 10 nitrogen and oxygen atoms in total. The number of nitrogens with zero attached hydrogens (tertiary/aromatic N) is 3. The second kappa shape index (κ2) is 10.9. The minimum atomic E-state index is -0.840. The lowest BCUT2D eigenvalue weighted by molar-refractivity contribution is -0.384. The molecule has 1 unspecified atom stereocenters. The summed E-state index contributed by atoms with van der Waals surface area (Å²) in [6.45, 7) is 3.55. The Bertz CT molecular complexity index is 1870. The van der Waals surface area contributed by atoms with Gasteiger partial charge in [-0.05, 0) is 43.7 Å². The quantitative estimate of drug-likeness (QED) is 0.177. The van der Waals surface area contributed by atoms with Crippen LogP contribution in [-0.2, 0) is 9.53 Å². The highest BCUT2D eigenvalue weighted by Crippen LogP contribution is 2.36. The van der Waals surface area contributed by atoms with Gasteiger partial charge in [-0.15, -0.1) is 0 Å². The van der Waals surface area contributed by atoms with Crippen molar-refractivity contribution in [1.29, 1.82) is 0 Å². The van der Waals surface area contributed by atoms with Crippen LogP contribution in [0.3, 0.4) is 0 Å². The summed E-state index contributed by atoms with van der Waals surface area (Å²) in [5.74, 6) is 0.482. The molecule has 40 heavy (non-hydrogen) atoms. The number of fused-ring (bicyclic) bond motifs is 1. The molecular weight excluding hydrogens is 558 g/mol. The van der Waals surface area contributed by atoms with E-state index < -0.39 is 22.5 Å². The molecule has 2 aromatic carbocycles. The van der Waals surface area contributed by atoms with E-state index in [0.29, 0.717) is 48.5 Å². The summed E-state index contributed by atoms with van der Waals surface area (Å²) in [4.78, 5) is 42.5. The first kappa shape index (κ1) is 27.1. The number of halogens is 1. The first-order valence-electron chi connectivity index (χ1n) is 12.1. The number of hydrogen-bond acceptors (Lipinski definition) is 9. The van der Waals surface area contributed by atoms with Crippen LogP contribution < -0.4 is 19.6 Å². The number of furan rings is 1. The Labute approximate surface area is 236 Å². The molecule has 0 radical (unpaired) electrons. The number of carbonyl (C=O) groups excluding carboxylic acids is 1. The van der Waals surface area contributed by atoms with Gasteiger partial charge in [0.2, 0.25) is 0 Å². The van der Waals surface area contributed by atoms with Crippen molar-refractivity contribution in [3.8, 4) is 17.1 Å². The normalized spacial score (nSPS) is 15.0. The number of hydrogen-bond donors (Lipinski definition) is 0. The molecule has 0 spiro atoms. The zero-order valence-corrected chi connectivity index (χ0v) is 23.1. The van der Waals surface area contributed by atoms with E-state index in [1.807, 2.05) is 0 Å². The summed E-state index contributed by atoms with van der Waals surface area (Å²) in [5, 5.41) is 11.7. The average molecular weight is 580 g/mol. The predicted molar refractivity (Wildman–Crippen MR) is 149 cm³/mol. The maximum absolute atomic E-state index is 13.8. The van der Waals surface area contributed by atoms with E-state index in [-0.39, 0.29) is 17.9 Å². The van der Waals surface area contributed by atoms with Crippen LogP contribution in [0.2, 0.25) is 5.02 Å². The molecule has 3 heterocycles. The molecule has 2 aromatic heterocycles. The number of ether oxygens (including phenoxy) is 2. The van der Waals surface area contributed by atoms with Crippen molar-refractivity contribution in [1.82, 2.24) is 4.57 Å². The number of benzene rings is 2. The van der Waals surface area contributed by atoms with Gasteiger partial charge in [-0.2, -0.15) is 0 Å². The van der Waals surface area contributed by atoms with Gasteiger partial charge in [0.05, 0.1) is 40.0 Å². The Morgan fingerprint density at radius 2 is 2.02 bits per heavy atom. The van der Waals surface area contributed by atoms with Crippen molar-refractivity contribution in [2.24, 2.45) is 4.99 Å². The number of carbonyl (C=O) groups is 1.